The second-order valence-corrected chi connectivity index (χ2v) is 5.49. The quantitative estimate of drug-likeness (QED) is 0.449. The predicted octanol–water partition coefficient (Wildman–Crippen LogP) is 1.08. The first-order valence-electron chi connectivity index (χ1n) is 6.16. The minimum Gasteiger partial charge on any atom is -0.372 e. The molecule has 2 rings (SSSR count). The van der Waals surface area contributed by atoms with Crippen molar-refractivity contribution in [3.05, 3.63) is 0 Å². The largest absolute Gasteiger partial charge is 0.372 e. The van der Waals surface area contributed by atoms with E-state index in [9.17, 15) is 0 Å². The number of hydrogen-bond acceptors (Lipinski definition) is 3. The highest BCUT2D eigenvalue weighted by Crippen LogP contribution is 2.23. The summed E-state index contributed by atoms with van der Waals surface area (Å²) in [4.78, 5) is 8.75. The molecule has 1 atom stereocenters. The average Bonchev–Trinajstić information content (AvgIpc) is 3.10. The predicted molar refractivity (Wildman–Crippen MR) is 72.3 cm³/mol. The summed E-state index contributed by atoms with van der Waals surface area (Å²) in [5, 5.41) is 0.715. The Hall–Kier alpha value is -0.750. The summed E-state index contributed by atoms with van der Waals surface area (Å²) in [6, 6.07) is 0.398. The van der Waals surface area contributed by atoms with Crippen LogP contribution < -0.4 is 11.5 Å². The molecule has 0 radical (unpaired) electrons. The van der Waals surface area contributed by atoms with Gasteiger partial charge in [0.2, 0.25) is 0 Å². The Morgan fingerprint density at radius 1 is 1.24 bits per heavy atom. The second-order valence-electron chi connectivity index (χ2n) is 4.51. The zero-order valence-electron chi connectivity index (χ0n) is 9.97. The number of ether oxygens (including phenoxy) is 1. The van der Waals surface area contributed by atoms with Crippen molar-refractivity contribution in [2.24, 2.45) is 21.5 Å². The number of epoxide rings is 1. The van der Waals surface area contributed by atoms with E-state index in [2.05, 4.69) is 9.98 Å². The first-order chi connectivity index (χ1) is 8.24. The van der Waals surface area contributed by atoms with E-state index in [1.807, 2.05) is 0 Å². The van der Waals surface area contributed by atoms with Crippen LogP contribution in [-0.4, -0.2) is 35.6 Å². The number of hydrogen-bond donors (Lipinski definition) is 2. The fourth-order valence-electron chi connectivity index (χ4n) is 1.91. The summed E-state index contributed by atoms with van der Waals surface area (Å²) >= 11 is 1.59. The Morgan fingerprint density at radius 2 is 1.94 bits per heavy atom. The van der Waals surface area contributed by atoms with Crippen molar-refractivity contribution in [1.82, 2.24) is 0 Å². The molecule has 0 aromatic rings. The number of thioether (sulfide) groups is 1. The van der Waals surface area contributed by atoms with E-state index >= 15 is 0 Å². The molecule has 0 aromatic heterocycles. The molecule has 4 N–H and O–H groups in total. The van der Waals surface area contributed by atoms with Crippen LogP contribution in [0.3, 0.4) is 0 Å². The van der Waals surface area contributed by atoms with E-state index in [0.717, 1.165) is 25.2 Å². The SMILES string of the molecule is NC(N)=NC(=NC1CCCCC1)SCC1CO1. The van der Waals surface area contributed by atoms with Crippen molar-refractivity contribution in [2.45, 2.75) is 44.2 Å². The Bertz CT molecular complexity index is 305. The van der Waals surface area contributed by atoms with Crippen LogP contribution in [0.4, 0.5) is 0 Å². The third kappa shape index (κ3) is 4.95. The van der Waals surface area contributed by atoms with Crippen molar-refractivity contribution in [3.63, 3.8) is 0 Å². The lowest BCUT2D eigenvalue weighted by molar-refractivity contribution is 0.426. The van der Waals surface area contributed by atoms with Gasteiger partial charge in [0, 0.05) is 5.75 Å². The topological polar surface area (TPSA) is 89.3 Å². The monoisotopic (exact) mass is 256 g/mol. The Balaban J connectivity index is 1.91. The maximum absolute atomic E-state index is 5.42. The molecular formula is C11H20N4OS. The molecule has 0 bridgehead atoms. The van der Waals surface area contributed by atoms with Gasteiger partial charge in [0.05, 0.1) is 18.8 Å². The molecule has 2 fully saturated rings. The maximum Gasteiger partial charge on any atom is 0.193 e. The van der Waals surface area contributed by atoms with Gasteiger partial charge in [0.15, 0.2) is 11.1 Å². The summed E-state index contributed by atoms with van der Waals surface area (Å²) < 4.78 is 5.17. The molecule has 6 heteroatoms. The third-order valence-electron chi connectivity index (χ3n) is 2.89. The number of nitrogens with two attached hydrogens (primary N) is 2. The lowest BCUT2D eigenvalue weighted by atomic mass is 9.96. The van der Waals surface area contributed by atoms with Crippen LogP contribution in [0.5, 0.6) is 0 Å². The van der Waals surface area contributed by atoms with Crippen molar-refractivity contribution < 1.29 is 4.74 Å². The highest BCUT2D eigenvalue weighted by Gasteiger charge is 2.23. The third-order valence-corrected chi connectivity index (χ3v) is 3.89. The van der Waals surface area contributed by atoms with E-state index in [1.165, 1.54) is 19.3 Å². The minimum absolute atomic E-state index is 0.0868. The molecule has 1 unspecified atom stereocenters. The van der Waals surface area contributed by atoms with Gasteiger partial charge in [0.1, 0.15) is 0 Å². The molecule has 0 spiro atoms. The first-order valence-corrected chi connectivity index (χ1v) is 7.14. The second kappa shape index (κ2) is 6.26. The highest BCUT2D eigenvalue weighted by atomic mass is 32.2. The summed E-state index contributed by atoms with van der Waals surface area (Å²) in [7, 11) is 0. The zero-order valence-corrected chi connectivity index (χ0v) is 10.8. The molecular weight excluding hydrogens is 236 g/mol. The fraction of sp³-hybridized carbons (Fsp3) is 0.818. The van der Waals surface area contributed by atoms with E-state index in [-0.39, 0.29) is 5.96 Å². The van der Waals surface area contributed by atoms with Crippen LogP contribution in [0, 0.1) is 0 Å². The van der Waals surface area contributed by atoms with E-state index in [1.54, 1.807) is 11.8 Å². The van der Waals surface area contributed by atoms with E-state index < -0.39 is 0 Å². The minimum atomic E-state index is 0.0868. The number of aliphatic imine (C=N–C) groups is 2. The Labute approximate surface area is 106 Å². The molecule has 0 amide bonds. The number of guanidine groups is 1. The van der Waals surface area contributed by atoms with Crippen molar-refractivity contribution >= 4 is 22.9 Å². The summed E-state index contributed by atoms with van der Waals surface area (Å²) in [6.45, 7) is 0.853. The standard InChI is InChI=1S/C11H20N4OS/c12-10(13)15-11(17-7-9-6-16-9)14-8-4-2-1-3-5-8/h8-9H,1-7H2,(H4,12,13,14,15). The summed E-state index contributed by atoms with van der Waals surface area (Å²) in [5.41, 5.74) is 10.8. The number of nitrogens with zero attached hydrogens (tertiary/aromatic N) is 2. The maximum atomic E-state index is 5.42. The lowest BCUT2D eigenvalue weighted by Crippen LogP contribution is -2.24. The smallest absolute Gasteiger partial charge is 0.193 e. The molecule has 1 aliphatic carbocycles. The van der Waals surface area contributed by atoms with Gasteiger partial charge >= 0.3 is 0 Å². The number of amidine groups is 1. The lowest BCUT2D eigenvalue weighted by Gasteiger charge is -2.18. The van der Waals surface area contributed by atoms with Gasteiger partial charge in [-0.1, -0.05) is 31.0 Å². The Kier molecular flexibility index (Phi) is 4.67. The zero-order chi connectivity index (χ0) is 12.1. The molecule has 1 aliphatic heterocycles. The van der Waals surface area contributed by atoms with Gasteiger partial charge < -0.3 is 16.2 Å². The van der Waals surface area contributed by atoms with Gasteiger partial charge in [-0.2, -0.15) is 4.99 Å². The van der Waals surface area contributed by atoms with Crippen LogP contribution in [0.1, 0.15) is 32.1 Å². The molecule has 5 nitrogen and oxygen atoms in total. The molecule has 96 valence electrons. The van der Waals surface area contributed by atoms with Crippen molar-refractivity contribution in [3.8, 4) is 0 Å². The van der Waals surface area contributed by atoms with Gasteiger partial charge in [-0.25, -0.2) is 0 Å². The normalized spacial score (nSPS) is 25.6. The van der Waals surface area contributed by atoms with Gasteiger partial charge in [-0.05, 0) is 12.8 Å². The highest BCUT2D eigenvalue weighted by molar-refractivity contribution is 8.13. The number of rotatable bonds is 3. The van der Waals surface area contributed by atoms with Crippen molar-refractivity contribution in [1.29, 1.82) is 0 Å². The molecule has 0 aromatic carbocycles. The molecule has 1 saturated carbocycles. The summed E-state index contributed by atoms with van der Waals surface area (Å²) in [5.74, 6) is 0.978. The van der Waals surface area contributed by atoms with Crippen LogP contribution in [0.2, 0.25) is 0 Å². The molecule has 1 heterocycles. The van der Waals surface area contributed by atoms with Crippen LogP contribution in [0.25, 0.3) is 0 Å². The summed E-state index contributed by atoms with van der Waals surface area (Å²) in [6.07, 6.45) is 6.53. The van der Waals surface area contributed by atoms with Crippen LogP contribution >= 0.6 is 11.8 Å². The molecule has 17 heavy (non-hydrogen) atoms. The Morgan fingerprint density at radius 3 is 2.53 bits per heavy atom. The van der Waals surface area contributed by atoms with E-state index in [4.69, 9.17) is 16.2 Å². The van der Waals surface area contributed by atoms with Crippen LogP contribution in [-0.2, 0) is 4.74 Å². The van der Waals surface area contributed by atoms with Crippen molar-refractivity contribution in [2.75, 3.05) is 12.4 Å². The molecule has 2 aliphatic rings. The van der Waals surface area contributed by atoms with Gasteiger partial charge in [0.25, 0.3) is 0 Å². The first kappa shape index (κ1) is 12.7. The van der Waals surface area contributed by atoms with E-state index in [0.29, 0.717) is 17.3 Å². The fourth-order valence-corrected chi connectivity index (χ4v) is 2.83. The van der Waals surface area contributed by atoms with Gasteiger partial charge in [-0.15, -0.1) is 0 Å². The van der Waals surface area contributed by atoms with Crippen LogP contribution in [0.15, 0.2) is 9.98 Å². The van der Waals surface area contributed by atoms with Gasteiger partial charge in [-0.3, -0.25) is 4.99 Å². The molecule has 1 saturated heterocycles. The average molecular weight is 256 g/mol.